The zero-order chi connectivity index (χ0) is 9.52. The number of rotatable bonds is 5. The van der Waals surface area contributed by atoms with Crippen LogP contribution < -0.4 is 5.73 Å². The summed E-state index contributed by atoms with van der Waals surface area (Å²) in [6.45, 7) is 0.696. The lowest BCUT2D eigenvalue weighted by Gasteiger charge is -2.01. The predicted octanol–water partition coefficient (Wildman–Crippen LogP) is 2.06. The van der Waals surface area contributed by atoms with Gasteiger partial charge in [-0.3, -0.25) is 0 Å². The van der Waals surface area contributed by atoms with E-state index in [-0.39, 0.29) is 5.82 Å². The molecule has 0 aliphatic heterocycles. The van der Waals surface area contributed by atoms with E-state index in [1.807, 2.05) is 12.1 Å². The first-order valence-corrected chi connectivity index (χ1v) is 5.51. The first kappa shape index (κ1) is 10.5. The molecule has 1 aromatic carbocycles. The Kier molecular flexibility index (Phi) is 4.86. The highest BCUT2D eigenvalue weighted by Crippen LogP contribution is 2.10. The molecule has 13 heavy (non-hydrogen) atoms. The van der Waals surface area contributed by atoms with Crippen molar-refractivity contribution in [2.45, 2.75) is 6.42 Å². The van der Waals surface area contributed by atoms with Gasteiger partial charge in [0.1, 0.15) is 5.82 Å². The fourth-order valence-electron chi connectivity index (χ4n) is 1.07. The van der Waals surface area contributed by atoms with Crippen LogP contribution in [0.15, 0.2) is 24.3 Å². The molecule has 0 unspecified atom stereocenters. The Labute approximate surface area is 82.5 Å². The summed E-state index contributed by atoms with van der Waals surface area (Å²) in [4.78, 5) is 0. The SMILES string of the molecule is NCCSCCc1ccccc1F. The van der Waals surface area contributed by atoms with Crippen LogP contribution in [0.2, 0.25) is 0 Å². The molecule has 0 aromatic heterocycles. The Balaban J connectivity index is 2.32. The summed E-state index contributed by atoms with van der Waals surface area (Å²) >= 11 is 1.77. The molecular weight excluding hydrogens is 185 g/mol. The Morgan fingerprint density at radius 1 is 1.23 bits per heavy atom. The average molecular weight is 199 g/mol. The predicted molar refractivity (Wildman–Crippen MR) is 56.5 cm³/mol. The van der Waals surface area contributed by atoms with Gasteiger partial charge in [-0.05, 0) is 23.8 Å². The van der Waals surface area contributed by atoms with Gasteiger partial charge in [0.15, 0.2) is 0 Å². The molecule has 0 atom stereocenters. The Morgan fingerprint density at radius 3 is 2.69 bits per heavy atom. The highest BCUT2D eigenvalue weighted by molar-refractivity contribution is 7.99. The van der Waals surface area contributed by atoms with E-state index in [0.717, 1.165) is 23.5 Å². The highest BCUT2D eigenvalue weighted by atomic mass is 32.2. The third-order valence-corrected chi connectivity index (χ3v) is 2.75. The van der Waals surface area contributed by atoms with E-state index < -0.39 is 0 Å². The summed E-state index contributed by atoms with van der Waals surface area (Å²) in [6, 6.07) is 6.92. The topological polar surface area (TPSA) is 26.0 Å². The third-order valence-electron chi connectivity index (χ3n) is 1.74. The van der Waals surface area contributed by atoms with Crippen LogP contribution in [-0.2, 0) is 6.42 Å². The quantitative estimate of drug-likeness (QED) is 0.735. The van der Waals surface area contributed by atoms with Crippen molar-refractivity contribution in [3.8, 4) is 0 Å². The maximum Gasteiger partial charge on any atom is 0.126 e. The maximum atomic E-state index is 13.1. The van der Waals surface area contributed by atoms with Gasteiger partial charge >= 0.3 is 0 Å². The number of hydrogen-bond acceptors (Lipinski definition) is 2. The second kappa shape index (κ2) is 6.00. The molecule has 1 rings (SSSR count). The van der Waals surface area contributed by atoms with Crippen LogP contribution in [0.1, 0.15) is 5.56 Å². The number of thioether (sulfide) groups is 1. The van der Waals surface area contributed by atoms with Crippen LogP contribution >= 0.6 is 11.8 Å². The van der Waals surface area contributed by atoms with Gasteiger partial charge in [0.2, 0.25) is 0 Å². The lowest BCUT2D eigenvalue weighted by Crippen LogP contribution is -2.02. The van der Waals surface area contributed by atoms with Crippen molar-refractivity contribution in [2.75, 3.05) is 18.1 Å². The van der Waals surface area contributed by atoms with Gasteiger partial charge in [0.05, 0.1) is 0 Å². The first-order valence-electron chi connectivity index (χ1n) is 4.36. The average Bonchev–Trinajstić information content (AvgIpc) is 2.15. The van der Waals surface area contributed by atoms with Gasteiger partial charge in [0, 0.05) is 12.3 Å². The van der Waals surface area contributed by atoms with Crippen LogP contribution in [0.3, 0.4) is 0 Å². The molecule has 0 saturated heterocycles. The van der Waals surface area contributed by atoms with Crippen molar-refractivity contribution in [2.24, 2.45) is 5.73 Å². The minimum absolute atomic E-state index is 0.101. The molecule has 1 aromatic rings. The lowest BCUT2D eigenvalue weighted by molar-refractivity contribution is 0.612. The lowest BCUT2D eigenvalue weighted by atomic mass is 10.2. The van der Waals surface area contributed by atoms with E-state index in [4.69, 9.17) is 5.73 Å². The Hall–Kier alpha value is -0.540. The summed E-state index contributed by atoms with van der Waals surface area (Å²) < 4.78 is 13.1. The van der Waals surface area contributed by atoms with Gasteiger partial charge in [-0.15, -0.1) is 0 Å². The summed E-state index contributed by atoms with van der Waals surface area (Å²) in [5, 5.41) is 0. The minimum atomic E-state index is -0.101. The minimum Gasteiger partial charge on any atom is -0.330 e. The molecule has 72 valence electrons. The van der Waals surface area contributed by atoms with Gasteiger partial charge in [-0.2, -0.15) is 11.8 Å². The maximum absolute atomic E-state index is 13.1. The van der Waals surface area contributed by atoms with Crippen LogP contribution in [-0.4, -0.2) is 18.1 Å². The molecular formula is C10H14FNS. The van der Waals surface area contributed by atoms with E-state index in [2.05, 4.69) is 0 Å². The normalized spacial score (nSPS) is 10.3. The smallest absolute Gasteiger partial charge is 0.126 e. The van der Waals surface area contributed by atoms with Gasteiger partial charge in [0.25, 0.3) is 0 Å². The molecule has 0 bridgehead atoms. The molecule has 0 spiro atoms. The van der Waals surface area contributed by atoms with Crippen molar-refractivity contribution < 1.29 is 4.39 Å². The van der Waals surface area contributed by atoms with Crippen LogP contribution in [0.4, 0.5) is 4.39 Å². The molecule has 0 aliphatic carbocycles. The van der Waals surface area contributed by atoms with E-state index in [1.54, 1.807) is 17.8 Å². The molecule has 1 nitrogen and oxygen atoms in total. The molecule has 3 heteroatoms. The molecule has 0 saturated carbocycles. The van der Waals surface area contributed by atoms with Crippen molar-refractivity contribution >= 4 is 11.8 Å². The Morgan fingerprint density at radius 2 is 2.00 bits per heavy atom. The number of benzene rings is 1. The molecule has 0 amide bonds. The third kappa shape index (κ3) is 3.79. The van der Waals surface area contributed by atoms with E-state index in [9.17, 15) is 4.39 Å². The van der Waals surface area contributed by atoms with Crippen molar-refractivity contribution in [3.63, 3.8) is 0 Å². The first-order chi connectivity index (χ1) is 6.34. The van der Waals surface area contributed by atoms with Crippen molar-refractivity contribution in [1.29, 1.82) is 0 Å². The summed E-state index contributed by atoms with van der Waals surface area (Å²) in [5.74, 6) is 1.79. The summed E-state index contributed by atoms with van der Waals surface area (Å²) in [7, 11) is 0. The van der Waals surface area contributed by atoms with Gasteiger partial charge in [-0.25, -0.2) is 4.39 Å². The summed E-state index contributed by atoms with van der Waals surface area (Å²) in [6.07, 6.45) is 0.789. The second-order valence-electron chi connectivity index (χ2n) is 2.74. The summed E-state index contributed by atoms with van der Waals surface area (Å²) in [5.41, 5.74) is 6.14. The number of aryl methyl sites for hydroxylation is 1. The van der Waals surface area contributed by atoms with Gasteiger partial charge < -0.3 is 5.73 Å². The van der Waals surface area contributed by atoms with Crippen LogP contribution in [0, 0.1) is 5.82 Å². The number of hydrogen-bond donors (Lipinski definition) is 1. The number of nitrogens with two attached hydrogens (primary N) is 1. The zero-order valence-electron chi connectivity index (χ0n) is 7.50. The fraction of sp³-hybridized carbons (Fsp3) is 0.400. The van der Waals surface area contributed by atoms with E-state index in [1.165, 1.54) is 6.07 Å². The molecule has 0 fully saturated rings. The van der Waals surface area contributed by atoms with E-state index >= 15 is 0 Å². The largest absolute Gasteiger partial charge is 0.330 e. The second-order valence-corrected chi connectivity index (χ2v) is 3.97. The molecule has 0 aliphatic rings. The number of halogens is 1. The van der Waals surface area contributed by atoms with Crippen molar-refractivity contribution in [3.05, 3.63) is 35.6 Å². The molecule has 0 heterocycles. The zero-order valence-corrected chi connectivity index (χ0v) is 8.32. The van der Waals surface area contributed by atoms with Crippen molar-refractivity contribution in [1.82, 2.24) is 0 Å². The Bertz CT molecular complexity index is 252. The molecule has 0 radical (unpaired) electrons. The molecule has 2 N–H and O–H groups in total. The van der Waals surface area contributed by atoms with E-state index in [0.29, 0.717) is 6.54 Å². The van der Waals surface area contributed by atoms with Crippen LogP contribution in [0.5, 0.6) is 0 Å². The van der Waals surface area contributed by atoms with Gasteiger partial charge in [-0.1, -0.05) is 18.2 Å². The monoisotopic (exact) mass is 199 g/mol. The van der Waals surface area contributed by atoms with Crippen LogP contribution in [0.25, 0.3) is 0 Å². The fourth-order valence-corrected chi connectivity index (χ4v) is 1.80. The standard InChI is InChI=1S/C10H14FNS/c11-10-4-2-1-3-9(10)5-7-13-8-6-12/h1-4H,5-8,12H2. The highest BCUT2D eigenvalue weighted by Gasteiger charge is 1.99.